The fourth-order valence-electron chi connectivity index (χ4n) is 3.26. The Kier molecular flexibility index (Phi) is 2.45. The first-order valence-electron chi connectivity index (χ1n) is 6.76. The largest absolute Gasteiger partial charge is 0.302 e. The fraction of sp³-hybridized carbons (Fsp3) is 0.167. The number of rotatable bonds is 1. The summed E-state index contributed by atoms with van der Waals surface area (Å²) in [6, 6.07) is 8.25. The van der Waals surface area contributed by atoms with Crippen LogP contribution in [0.2, 0.25) is 0 Å². The van der Waals surface area contributed by atoms with Crippen LogP contribution < -0.4 is 0 Å². The molecule has 1 heterocycles. The lowest BCUT2D eigenvalue weighted by Gasteiger charge is -2.35. The van der Waals surface area contributed by atoms with E-state index in [0.29, 0.717) is 5.25 Å². The first-order chi connectivity index (χ1) is 9.73. The van der Waals surface area contributed by atoms with Crippen LogP contribution in [0.15, 0.2) is 65.1 Å². The topological polar surface area (TPSA) is 17.1 Å². The van der Waals surface area contributed by atoms with Crippen molar-refractivity contribution in [2.24, 2.45) is 0 Å². The molecule has 3 aliphatic rings. The SMILES string of the molecule is CC1(C=O)C=C2C(=CC=C3C=CSC32)c2ccccc21. The Morgan fingerprint density at radius 3 is 2.95 bits per heavy atom. The third-order valence-electron chi connectivity index (χ3n) is 4.31. The third-order valence-corrected chi connectivity index (χ3v) is 5.40. The van der Waals surface area contributed by atoms with Crippen molar-refractivity contribution in [2.45, 2.75) is 17.6 Å². The van der Waals surface area contributed by atoms with Gasteiger partial charge in [0, 0.05) is 0 Å². The van der Waals surface area contributed by atoms with Crippen molar-refractivity contribution in [3.05, 3.63) is 76.3 Å². The van der Waals surface area contributed by atoms with Crippen LogP contribution in [0.3, 0.4) is 0 Å². The van der Waals surface area contributed by atoms with E-state index >= 15 is 0 Å². The van der Waals surface area contributed by atoms with Gasteiger partial charge in [0.25, 0.3) is 0 Å². The molecule has 0 aromatic heterocycles. The highest BCUT2D eigenvalue weighted by atomic mass is 32.2. The van der Waals surface area contributed by atoms with Gasteiger partial charge in [-0.25, -0.2) is 0 Å². The van der Waals surface area contributed by atoms with Crippen LogP contribution in [0.1, 0.15) is 18.1 Å². The predicted octanol–water partition coefficient (Wildman–Crippen LogP) is 4.04. The van der Waals surface area contributed by atoms with E-state index in [1.54, 1.807) is 0 Å². The summed E-state index contributed by atoms with van der Waals surface area (Å²) < 4.78 is 0. The molecule has 0 saturated heterocycles. The zero-order valence-electron chi connectivity index (χ0n) is 11.2. The number of aldehydes is 1. The van der Waals surface area contributed by atoms with Gasteiger partial charge in [0.05, 0.1) is 10.7 Å². The Labute approximate surface area is 122 Å². The van der Waals surface area contributed by atoms with Gasteiger partial charge in [-0.15, -0.1) is 11.8 Å². The minimum Gasteiger partial charge on any atom is -0.302 e. The fourth-order valence-corrected chi connectivity index (χ4v) is 4.31. The number of allylic oxidation sites excluding steroid dienone is 5. The zero-order chi connectivity index (χ0) is 13.7. The number of fused-ring (bicyclic) bond motifs is 5. The van der Waals surface area contributed by atoms with Crippen molar-refractivity contribution in [3.8, 4) is 0 Å². The Balaban J connectivity index is 2.00. The average molecular weight is 278 g/mol. The Morgan fingerprint density at radius 1 is 1.25 bits per heavy atom. The van der Waals surface area contributed by atoms with E-state index in [-0.39, 0.29) is 0 Å². The van der Waals surface area contributed by atoms with E-state index in [9.17, 15) is 4.79 Å². The minimum atomic E-state index is -0.519. The molecule has 2 unspecified atom stereocenters. The highest BCUT2D eigenvalue weighted by Gasteiger charge is 2.37. The molecule has 0 N–H and O–H groups in total. The van der Waals surface area contributed by atoms with Crippen LogP contribution in [0.25, 0.3) is 5.57 Å². The molecule has 2 heteroatoms. The number of hydrogen-bond donors (Lipinski definition) is 0. The Hall–Kier alpha value is -1.80. The molecule has 1 aromatic rings. The molecule has 20 heavy (non-hydrogen) atoms. The molecular weight excluding hydrogens is 264 g/mol. The van der Waals surface area contributed by atoms with Crippen LogP contribution in [-0.4, -0.2) is 11.5 Å². The van der Waals surface area contributed by atoms with Crippen molar-refractivity contribution in [1.29, 1.82) is 0 Å². The Morgan fingerprint density at radius 2 is 2.10 bits per heavy atom. The normalized spacial score (nSPS) is 29.6. The second-order valence-corrected chi connectivity index (χ2v) is 6.63. The highest BCUT2D eigenvalue weighted by molar-refractivity contribution is 8.03. The maximum Gasteiger partial charge on any atom is 0.134 e. The molecule has 0 amide bonds. The third kappa shape index (κ3) is 1.49. The quantitative estimate of drug-likeness (QED) is 0.721. The molecule has 2 atom stereocenters. The van der Waals surface area contributed by atoms with E-state index < -0.39 is 5.41 Å². The lowest BCUT2D eigenvalue weighted by Crippen LogP contribution is -2.29. The monoisotopic (exact) mass is 278 g/mol. The average Bonchev–Trinajstić information content (AvgIpc) is 2.96. The molecule has 2 aliphatic carbocycles. The molecule has 4 rings (SSSR count). The number of carbonyl (C=O) groups is 1. The van der Waals surface area contributed by atoms with Gasteiger partial charge in [-0.3, -0.25) is 0 Å². The van der Waals surface area contributed by atoms with Gasteiger partial charge in [0.1, 0.15) is 6.29 Å². The molecule has 0 saturated carbocycles. The van der Waals surface area contributed by atoms with Crippen LogP contribution in [0, 0.1) is 0 Å². The van der Waals surface area contributed by atoms with E-state index in [0.717, 1.165) is 11.8 Å². The Bertz CT molecular complexity index is 736. The summed E-state index contributed by atoms with van der Waals surface area (Å²) in [4.78, 5) is 11.7. The molecule has 0 radical (unpaired) electrons. The molecule has 0 spiro atoms. The van der Waals surface area contributed by atoms with Crippen molar-refractivity contribution in [3.63, 3.8) is 0 Å². The number of thioether (sulfide) groups is 1. The van der Waals surface area contributed by atoms with E-state index in [1.165, 1.54) is 22.3 Å². The molecule has 0 fully saturated rings. The predicted molar refractivity (Wildman–Crippen MR) is 84.5 cm³/mol. The van der Waals surface area contributed by atoms with Crippen LogP contribution in [0.4, 0.5) is 0 Å². The summed E-state index contributed by atoms with van der Waals surface area (Å²) >= 11 is 1.82. The van der Waals surface area contributed by atoms with Gasteiger partial charge in [0.2, 0.25) is 0 Å². The van der Waals surface area contributed by atoms with E-state index in [4.69, 9.17) is 0 Å². The lowest BCUT2D eigenvalue weighted by molar-refractivity contribution is -0.110. The van der Waals surface area contributed by atoms with Crippen LogP contribution >= 0.6 is 11.8 Å². The first-order valence-corrected chi connectivity index (χ1v) is 7.70. The van der Waals surface area contributed by atoms with E-state index in [2.05, 4.69) is 41.8 Å². The van der Waals surface area contributed by atoms with Gasteiger partial charge < -0.3 is 4.79 Å². The summed E-state index contributed by atoms with van der Waals surface area (Å²) in [5.41, 5.74) is 5.67. The highest BCUT2D eigenvalue weighted by Crippen LogP contribution is 2.49. The van der Waals surface area contributed by atoms with Gasteiger partial charge in [-0.1, -0.05) is 48.6 Å². The van der Waals surface area contributed by atoms with Crippen molar-refractivity contribution >= 4 is 23.6 Å². The van der Waals surface area contributed by atoms with Crippen molar-refractivity contribution in [2.75, 3.05) is 0 Å². The summed E-state index contributed by atoms with van der Waals surface area (Å²) in [6.07, 6.45) is 9.79. The molecule has 0 bridgehead atoms. The smallest absolute Gasteiger partial charge is 0.134 e. The molecule has 1 aromatic carbocycles. The summed E-state index contributed by atoms with van der Waals surface area (Å²) in [5, 5.41) is 2.50. The first kappa shape index (κ1) is 12.0. The van der Waals surface area contributed by atoms with Crippen molar-refractivity contribution in [1.82, 2.24) is 0 Å². The molecule has 1 nitrogen and oxygen atoms in total. The number of hydrogen-bond acceptors (Lipinski definition) is 2. The van der Waals surface area contributed by atoms with Crippen molar-refractivity contribution < 1.29 is 4.79 Å². The van der Waals surface area contributed by atoms with Gasteiger partial charge in [-0.05, 0) is 40.2 Å². The van der Waals surface area contributed by atoms with Crippen LogP contribution in [-0.2, 0) is 10.2 Å². The second kappa shape index (κ2) is 4.10. The summed E-state index contributed by atoms with van der Waals surface area (Å²) in [6.45, 7) is 2.01. The lowest BCUT2D eigenvalue weighted by atomic mass is 9.70. The second-order valence-electron chi connectivity index (χ2n) is 5.61. The maximum atomic E-state index is 11.7. The maximum absolute atomic E-state index is 11.7. The van der Waals surface area contributed by atoms with Crippen LogP contribution in [0.5, 0.6) is 0 Å². The van der Waals surface area contributed by atoms with Gasteiger partial charge in [0.15, 0.2) is 0 Å². The van der Waals surface area contributed by atoms with Gasteiger partial charge in [-0.2, -0.15) is 0 Å². The summed E-state index contributed by atoms with van der Waals surface area (Å²) in [7, 11) is 0. The van der Waals surface area contributed by atoms with E-state index in [1.807, 2.05) is 30.8 Å². The number of carbonyl (C=O) groups excluding carboxylic acids is 1. The molecular formula is C18H14OS. The molecule has 98 valence electrons. The molecule has 1 aliphatic heterocycles. The summed E-state index contributed by atoms with van der Waals surface area (Å²) in [5.74, 6) is 0. The standard InChI is InChI=1S/C18H14OS/c1-18(11-19)10-15-13(14-4-2-3-5-16(14)18)7-6-12-8-9-20-17(12)15/h2-11,17H,1H3. The van der Waals surface area contributed by atoms with Gasteiger partial charge >= 0.3 is 0 Å². The minimum absolute atomic E-state index is 0.350. The zero-order valence-corrected chi connectivity index (χ0v) is 12.0. The number of benzene rings is 1.